The molecule has 0 saturated heterocycles. The zero-order valence-corrected chi connectivity index (χ0v) is 10.7. The highest BCUT2D eigenvalue weighted by Crippen LogP contribution is 2.12. The SMILES string of the molecule is CC(C)[C@H](NC(=O)CN)C(=O)OC(C)(C)C. The van der Waals surface area contributed by atoms with Gasteiger partial charge in [0.05, 0.1) is 6.54 Å². The lowest BCUT2D eigenvalue weighted by Gasteiger charge is -2.26. The van der Waals surface area contributed by atoms with Gasteiger partial charge >= 0.3 is 5.97 Å². The van der Waals surface area contributed by atoms with Crippen molar-refractivity contribution in [3.05, 3.63) is 0 Å². The zero-order valence-electron chi connectivity index (χ0n) is 10.7. The molecule has 0 saturated carbocycles. The van der Waals surface area contributed by atoms with Crippen molar-refractivity contribution in [1.29, 1.82) is 0 Å². The number of ether oxygens (including phenoxy) is 1. The molecule has 5 nitrogen and oxygen atoms in total. The highest BCUT2D eigenvalue weighted by atomic mass is 16.6. The first kappa shape index (κ1) is 14.9. The fraction of sp³-hybridized carbons (Fsp3) is 0.818. The molecule has 1 amide bonds. The van der Waals surface area contributed by atoms with Crippen molar-refractivity contribution in [2.45, 2.75) is 46.3 Å². The summed E-state index contributed by atoms with van der Waals surface area (Å²) in [6.07, 6.45) is 0. The normalized spacial score (nSPS) is 13.4. The van der Waals surface area contributed by atoms with E-state index in [0.29, 0.717) is 0 Å². The minimum absolute atomic E-state index is 0.0367. The first-order chi connectivity index (χ1) is 7.17. The third-order valence-electron chi connectivity index (χ3n) is 1.83. The number of hydrogen-bond donors (Lipinski definition) is 2. The Morgan fingerprint density at radius 2 is 1.81 bits per heavy atom. The Bertz CT molecular complexity index is 256. The van der Waals surface area contributed by atoms with Gasteiger partial charge in [0, 0.05) is 0 Å². The first-order valence-corrected chi connectivity index (χ1v) is 5.39. The van der Waals surface area contributed by atoms with Gasteiger partial charge in [0.1, 0.15) is 11.6 Å². The van der Waals surface area contributed by atoms with Gasteiger partial charge in [0.25, 0.3) is 0 Å². The Morgan fingerprint density at radius 3 is 2.12 bits per heavy atom. The Balaban J connectivity index is 4.54. The fourth-order valence-electron chi connectivity index (χ4n) is 1.10. The second kappa shape index (κ2) is 5.84. The van der Waals surface area contributed by atoms with Gasteiger partial charge in [-0.25, -0.2) is 4.79 Å². The van der Waals surface area contributed by atoms with Gasteiger partial charge < -0.3 is 15.8 Å². The van der Waals surface area contributed by atoms with E-state index in [2.05, 4.69) is 5.32 Å². The van der Waals surface area contributed by atoms with Gasteiger partial charge in [0.15, 0.2) is 0 Å². The summed E-state index contributed by atoms with van der Waals surface area (Å²) >= 11 is 0. The molecule has 0 heterocycles. The molecule has 0 spiro atoms. The Labute approximate surface area is 96.7 Å². The molecule has 16 heavy (non-hydrogen) atoms. The van der Waals surface area contributed by atoms with E-state index in [1.54, 1.807) is 20.8 Å². The van der Waals surface area contributed by atoms with Crippen LogP contribution in [-0.4, -0.2) is 30.1 Å². The zero-order chi connectivity index (χ0) is 12.9. The third kappa shape index (κ3) is 5.70. The van der Waals surface area contributed by atoms with Crippen LogP contribution in [0.25, 0.3) is 0 Å². The average Bonchev–Trinajstić information content (AvgIpc) is 2.09. The molecule has 0 aromatic heterocycles. The summed E-state index contributed by atoms with van der Waals surface area (Å²) in [6, 6.07) is -0.643. The van der Waals surface area contributed by atoms with Crippen LogP contribution in [0.4, 0.5) is 0 Å². The van der Waals surface area contributed by atoms with Crippen LogP contribution < -0.4 is 11.1 Å². The van der Waals surface area contributed by atoms with E-state index in [1.165, 1.54) is 0 Å². The molecule has 0 aliphatic rings. The number of amides is 1. The van der Waals surface area contributed by atoms with Crippen LogP contribution in [0.1, 0.15) is 34.6 Å². The van der Waals surface area contributed by atoms with Crippen LogP contribution in [-0.2, 0) is 14.3 Å². The molecule has 94 valence electrons. The molecule has 0 aliphatic heterocycles. The van der Waals surface area contributed by atoms with Crippen LogP contribution in [0, 0.1) is 5.92 Å². The van der Waals surface area contributed by atoms with Crippen LogP contribution in [0.3, 0.4) is 0 Å². The lowest BCUT2D eigenvalue weighted by molar-refractivity contribution is -0.159. The lowest BCUT2D eigenvalue weighted by Crippen LogP contribution is -2.48. The maximum absolute atomic E-state index is 11.8. The van der Waals surface area contributed by atoms with E-state index >= 15 is 0 Å². The summed E-state index contributed by atoms with van der Waals surface area (Å²) < 4.78 is 5.21. The van der Waals surface area contributed by atoms with Crippen LogP contribution >= 0.6 is 0 Å². The molecule has 0 aromatic rings. The van der Waals surface area contributed by atoms with Crippen molar-refractivity contribution in [3.63, 3.8) is 0 Å². The minimum Gasteiger partial charge on any atom is -0.458 e. The number of nitrogens with one attached hydrogen (secondary N) is 1. The maximum atomic E-state index is 11.8. The van der Waals surface area contributed by atoms with Crippen LogP contribution in [0.15, 0.2) is 0 Å². The molecular formula is C11H22N2O3. The van der Waals surface area contributed by atoms with Crippen molar-refractivity contribution < 1.29 is 14.3 Å². The number of carbonyl (C=O) groups is 2. The Hall–Kier alpha value is -1.10. The maximum Gasteiger partial charge on any atom is 0.329 e. The standard InChI is InChI=1S/C11H22N2O3/c1-7(2)9(13-8(14)6-12)10(15)16-11(3,4)5/h7,9H,6,12H2,1-5H3,(H,13,14)/t9-/m0/s1. The highest BCUT2D eigenvalue weighted by Gasteiger charge is 2.28. The lowest BCUT2D eigenvalue weighted by atomic mass is 10.0. The van der Waals surface area contributed by atoms with Gasteiger partial charge in [-0.2, -0.15) is 0 Å². The van der Waals surface area contributed by atoms with E-state index in [-0.39, 0.29) is 18.4 Å². The molecule has 0 bridgehead atoms. The summed E-state index contributed by atoms with van der Waals surface area (Å²) in [5.41, 5.74) is 4.63. The summed E-state index contributed by atoms with van der Waals surface area (Å²) in [7, 11) is 0. The van der Waals surface area contributed by atoms with Crippen molar-refractivity contribution in [2.24, 2.45) is 11.7 Å². The van der Waals surface area contributed by atoms with E-state index in [0.717, 1.165) is 0 Å². The number of carbonyl (C=O) groups excluding carboxylic acids is 2. The molecule has 0 rings (SSSR count). The number of nitrogens with two attached hydrogens (primary N) is 1. The first-order valence-electron chi connectivity index (χ1n) is 5.39. The topological polar surface area (TPSA) is 81.4 Å². The molecule has 0 unspecified atom stereocenters. The monoisotopic (exact) mass is 230 g/mol. The smallest absolute Gasteiger partial charge is 0.329 e. The highest BCUT2D eigenvalue weighted by molar-refractivity contribution is 5.85. The van der Waals surface area contributed by atoms with Crippen molar-refractivity contribution >= 4 is 11.9 Å². The van der Waals surface area contributed by atoms with Crippen LogP contribution in [0.5, 0.6) is 0 Å². The molecular weight excluding hydrogens is 208 g/mol. The van der Waals surface area contributed by atoms with E-state index in [1.807, 2.05) is 13.8 Å². The summed E-state index contributed by atoms with van der Waals surface area (Å²) in [6.45, 7) is 8.90. The van der Waals surface area contributed by atoms with E-state index < -0.39 is 17.6 Å². The Kier molecular flexibility index (Phi) is 5.44. The van der Waals surface area contributed by atoms with Crippen molar-refractivity contribution in [1.82, 2.24) is 5.32 Å². The Morgan fingerprint density at radius 1 is 1.31 bits per heavy atom. The molecule has 0 aliphatic carbocycles. The average molecular weight is 230 g/mol. The van der Waals surface area contributed by atoms with Gasteiger partial charge in [-0.05, 0) is 26.7 Å². The number of rotatable bonds is 4. The van der Waals surface area contributed by atoms with Crippen molar-refractivity contribution in [2.75, 3.05) is 6.54 Å². The number of esters is 1. The summed E-state index contributed by atoms with van der Waals surface area (Å²) in [4.78, 5) is 22.9. The second-order valence-corrected chi connectivity index (χ2v) is 5.03. The molecule has 1 atom stereocenters. The third-order valence-corrected chi connectivity index (χ3v) is 1.83. The molecule has 5 heteroatoms. The van der Waals surface area contributed by atoms with E-state index in [9.17, 15) is 9.59 Å². The molecule has 0 aromatic carbocycles. The van der Waals surface area contributed by atoms with E-state index in [4.69, 9.17) is 10.5 Å². The quantitative estimate of drug-likeness (QED) is 0.686. The van der Waals surface area contributed by atoms with Crippen LogP contribution in [0.2, 0.25) is 0 Å². The van der Waals surface area contributed by atoms with Gasteiger partial charge in [-0.1, -0.05) is 13.8 Å². The molecule has 3 N–H and O–H groups in total. The minimum atomic E-state index is -0.643. The van der Waals surface area contributed by atoms with Crippen molar-refractivity contribution in [3.8, 4) is 0 Å². The van der Waals surface area contributed by atoms with Gasteiger partial charge in [-0.15, -0.1) is 0 Å². The predicted octanol–water partition coefficient (Wildman–Crippen LogP) is 0.428. The second-order valence-electron chi connectivity index (χ2n) is 5.03. The molecule has 0 radical (unpaired) electrons. The molecule has 0 fully saturated rings. The van der Waals surface area contributed by atoms with Gasteiger partial charge in [-0.3, -0.25) is 4.79 Å². The number of hydrogen-bond acceptors (Lipinski definition) is 4. The predicted molar refractivity (Wildman–Crippen MR) is 61.7 cm³/mol. The summed E-state index contributed by atoms with van der Waals surface area (Å²) in [5.74, 6) is -0.820. The summed E-state index contributed by atoms with van der Waals surface area (Å²) in [5, 5.41) is 2.55. The fourth-order valence-corrected chi connectivity index (χ4v) is 1.10. The largest absolute Gasteiger partial charge is 0.458 e. The van der Waals surface area contributed by atoms with Gasteiger partial charge in [0.2, 0.25) is 5.91 Å².